The second-order valence-electron chi connectivity index (χ2n) is 8.87. The van der Waals surface area contributed by atoms with E-state index in [-0.39, 0.29) is 12.1 Å². The van der Waals surface area contributed by atoms with Crippen LogP contribution in [0.25, 0.3) is 0 Å². The molecule has 2 N–H and O–H groups in total. The Labute approximate surface area is 189 Å². The number of halogens is 1. The molecule has 3 aliphatic heterocycles. The Morgan fingerprint density at radius 2 is 1.81 bits per heavy atom. The summed E-state index contributed by atoms with van der Waals surface area (Å²) < 4.78 is 26.4. The average molecular weight is 467 g/mol. The zero-order valence-corrected chi connectivity index (χ0v) is 19.7. The molecule has 1 unspecified atom stereocenters. The molecule has 0 aliphatic carbocycles. The van der Waals surface area contributed by atoms with Gasteiger partial charge < -0.3 is 10.6 Å². The lowest BCUT2D eigenvalue weighted by Crippen LogP contribution is -2.63. The van der Waals surface area contributed by atoms with E-state index in [1.54, 1.807) is 4.31 Å². The monoisotopic (exact) mass is 466 g/mol. The molecule has 8 nitrogen and oxygen atoms in total. The van der Waals surface area contributed by atoms with Crippen LogP contribution < -0.4 is 5.73 Å². The van der Waals surface area contributed by atoms with Crippen LogP contribution in [0.5, 0.6) is 0 Å². The summed E-state index contributed by atoms with van der Waals surface area (Å²) in [7, 11) is -3.25. The SMILES string of the molecule is C[C@H]1CN(C2CCN(C3=NN=C(N)C3)CC2)C(Cc2ccc(Cl)cc2)CN1S(C)(=O)=O. The van der Waals surface area contributed by atoms with E-state index in [4.69, 9.17) is 17.3 Å². The second-order valence-corrected chi connectivity index (χ2v) is 11.2. The number of nitrogens with two attached hydrogens (primary N) is 1. The highest BCUT2D eigenvalue weighted by Crippen LogP contribution is 2.28. The molecule has 0 bridgehead atoms. The largest absolute Gasteiger partial charge is 0.385 e. The molecular weight excluding hydrogens is 436 g/mol. The number of amidine groups is 2. The van der Waals surface area contributed by atoms with Crippen LogP contribution in [0.15, 0.2) is 34.5 Å². The first-order valence-electron chi connectivity index (χ1n) is 10.8. The molecule has 0 spiro atoms. The van der Waals surface area contributed by atoms with Crippen molar-refractivity contribution in [1.82, 2.24) is 14.1 Å². The van der Waals surface area contributed by atoms with Crippen LogP contribution >= 0.6 is 11.6 Å². The van der Waals surface area contributed by atoms with Gasteiger partial charge in [-0.15, -0.1) is 10.2 Å². The van der Waals surface area contributed by atoms with E-state index in [0.29, 0.717) is 29.9 Å². The van der Waals surface area contributed by atoms with Gasteiger partial charge in [0.25, 0.3) is 0 Å². The Morgan fingerprint density at radius 3 is 2.39 bits per heavy atom. The summed E-state index contributed by atoms with van der Waals surface area (Å²) in [6, 6.07) is 8.38. The van der Waals surface area contributed by atoms with Crippen molar-refractivity contribution in [2.75, 3.05) is 32.4 Å². The van der Waals surface area contributed by atoms with Crippen molar-refractivity contribution in [3.63, 3.8) is 0 Å². The molecule has 0 amide bonds. The van der Waals surface area contributed by atoms with Crippen molar-refractivity contribution in [2.24, 2.45) is 15.9 Å². The van der Waals surface area contributed by atoms with Crippen molar-refractivity contribution in [2.45, 2.75) is 50.7 Å². The van der Waals surface area contributed by atoms with Crippen molar-refractivity contribution in [3.05, 3.63) is 34.9 Å². The van der Waals surface area contributed by atoms with Crippen LogP contribution in [0.4, 0.5) is 0 Å². The molecule has 4 rings (SSSR count). The lowest BCUT2D eigenvalue weighted by Gasteiger charge is -2.49. The summed E-state index contributed by atoms with van der Waals surface area (Å²) in [5, 5.41) is 8.89. The topological polar surface area (TPSA) is 94.6 Å². The van der Waals surface area contributed by atoms with Gasteiger partial charge >= 0.3 is 0 Å². The van der Waals surface area contributed by atoms with Crippen molar-refractivity contribution < 1.29 is 8.42 Å². The van der Waals surface area contributed by atoms with Gasteiger partial charge in [-0.2, -0.15) is 4.31 Å². The number of likely N-dealkylation sites (tertiary alicyclic amines) is 1. The van der Waals surface area contributed by atoms with E-state index >= 15 is 0 Å². The summed E-state index contributed by atoms with van der Waals surface area (Å²) in [6.45, 7) is 5.10. The highest BCUT2D eigenvalue weighted by atomic mass is 35.5. The third-order valence-electron chi connectivity index (χ3n) is 6.57. The highest BCUT2D eigenvalue weighted by Gasteiger charge is 2.40. The maximum Gasteiger partial charge on any atom is 0.211 e. The maximum atomic E-state index is 12.4. The van der Waals surface area contributed by atoms with Gasteiger partial charge in [-0.05, 0) is 43.9 Å². The zero-order chi connectivity index (χ0) is 22.2. The van der Waals surface area contributed by atoms with Gasteiger partial charge in [-0.25, -0.2) is 8.42 Å². The average Bonchev–Trinajstić information content (AvgIpc) is 3.16. The number of benzene rings is 1. The van der Waals surface area contributed by atoms with Crippen LogP contribution in [0, 0.1) is 0 Å². The molecule has 10 heteroatoms. The summed E-state index contributed by atoms with van der Waals surface area (Å²) in [6.07, 6.45) is 4.78. The fourth-order valence-electron chi connectivity index (χ4n) is 5.01. The number of hydrogen-bond donors (Lipinski definition) is 1. The lowest BCUT2D eigenvalue weighted by atomic mass is 9.95. The molecule has 0 saturated carbocycles. The van der Waals surface area contributed by atoms with Crippen LogP contribution in [0.2, 0.25) is 5.02 Å². The molecule has 0 radical (unpaired) electrons. The van der Waals surface area contributed by atoms with Crippen molar-refractivity contribution >= 4 is 33.3 Å². The summed E-state index contributed by atoms with van der Waals surface area (Å²) in [5.41, 5.74) is 6.95. The number of piperazine rings is 1. The molecule has 1 aromatic rings. The Hall–Kier alpha value is -1.68. The molecule has 2 saturated heterocycles. The van der Waals surface area contributed by atoms with Gasteiger partial charge in [0.1, 0.15) is 11.7 Å². The number of rotatable bonds is 4. The molecule has 1 aromatic carbocycles. The second kappa shape index (κ2) is 9.05. The van der Waals surface area contributed by atoms with Crippen LogP contribution in [0.3, 0.4) is 0 Å². The summed E-state index contributed by atoms with van der Waals surface area (Å²) >= 11 is 6.06. The first-order chi connectivity index (χ1) is 14.7. The van der Waals surface area contributed by atoms with Crippen molar-refractivity contribution in [1.29, 1.82) is 0 Å². The minimum atomic E-state index is -3.25. The summed E-state index contributed by atoms with van der Waals surface area (Å²) in [4.78, 5) is 4.82. The molecule has 0 aromatic heterocycles. The molecule has 170 valence electrons. The van der Waals surface area contributed by atoms with E-state index < -0.39 is 10.0 Å². The lowest BCUT2D eigenvalue weighted by molar-refractivity contribution is 0.0257. The fourth-order valence-corrected chi connectivity index (χ4v) is 6.30. The van der Waals surface area contributed by atoms with Gasteiger partial charge in [-0.3, -0.25) is 4.90 Å². The molecule has 3 heterocycles. The van der Waals surface area contributed by atoms with Crippen LogP contribution in [-0.2, 0) is 16.4 Å². The number of nitrogens with zero attached hydrogens (tertiary/aromatic N) is 5. The van der Waals surface area contributed by atoms with E-state index in [1.807, 2.05) is 31.2 Å². The first-order valence-corrected chi connectivity index (χ1v) is 13.0. The smallest absolute Gasteiger partial charge is 0.211 e. The molecule has 3 aliphatic rings. The van der Waals surface area contributed by atoms with Crippen molar-refractivity contribution in [3.8, 4) is 0 Å². The minimum absolute atomic E-state index is 0.0399. The Morgan fingerprint density at radius 1 is 1.13 bits per heavy atom. The van der Waals surface area contributed by atoms with E-state index in [1.165, 1.54) is 11.8 Å². The number of piperidine rings is 1. The van der Waals surface area contributed by atoms with Gasteiger partial charge in [0, 0.05) is 49.3 Å². The standard InChI is InChI=1S/C21H31ClN6O2S/c1-15-13-27(18-7-9-26(10-8-18)21-12-20(23)24-25-21)19(14-28(15)31(2,29)30)11-16-3-5-17(22)6-4-16/h3-6,15,18-19H,7-14H2,1-2H3,(H2,23,24)/t15-,19?/m0/s1. The Bertz CT molecular complexity index is 957. The third-order valence-corrected chi connectivity index (χ3v) is 8.18. The quantitative estimate of drug-likeness (QED) is 0.729. The Kier molecular flexibility index (Phi) is 6.57. The molecule has 2 fully saturated rings. The minimum Gasteiger partial charge on any atom is -0.385 e. The van der Waals surface area contributed by atoms with Gasteiger partial charge in [0.2, 0.25) is 10.0 Å². The number of sulfonamides is 1. The predicted octanol–water partition coefficient (Wildman–Crippen LogP) is 1.76. The Balaban J connectivity index is 1.48. The zero-order valence-electron chi connectivity index (χ0n) is 18.1. The van der Waals surface area contributed by atoms with E-state index in [9.17, 15) is 8.42 Å². The number of hydrogen-bond acceptors (Lipinski definition) is 7. The normalized spacial score (nSPS) is 26.7. The van der Waals surface area contributed by atoms with Crippen LogP contribution in [-0.4, -0.2) is 84.8 Å². The van der Waals surface area contributed by atoms with Crippen LogP contribution in [0.1, 0.15) is 31.7 Å². The molecular formula is C21H31ClN6O2S. The summed E-state index contributed by atoms with van der Waals surface area (Å²) in [5.74, 6) is 1.54. The molecule has 31 heavy (non-hydrogen) atoms. The predicted molar refractivity (Wildman–Crippen MR) is 125 cm³/mol. The highest BCUT2D eigenvalue weighted by molar-refractivity contribution is 7.88. The fraction of sp³-hybridized carbons (Fsp3) is 0.619. The first kappa shape index (κ1) is 22.5. The van der Waals surface area contributed by atoms with E-state index in [0.717, 1.165) is 44.7 Å². The third kappa shape index (κ3) is 5.22. The van der Waals surface area contributed by atoms with Gasteiger partial charge in [0.15, 0.2) is 0 Å². The van der Waals surface area contributed by atoms with Gasteiger partial charge in [0.05, 0.1) is 12.7 Å². The van der Waals surface area contributed by atoms with E-state index in [2.05, 4.69) is 20.0 Å². The maximum absolute atomic E-state index is 12.4. The molecule has 2 atom stereocenters. The van der Waals surface area contributed by atoms with Gasteiger partial charge in [-0.1, -0.05) is 23.7 Å².